The number of fused-ring (bicyclic) bond motifs is 1. The molecule has 4 N–H and O–H groups in total. The smallest absolute Gasteiger partial charge is 0.240 e. The lowest BCUT2D eigenvalue weighted by Gasteiger charge is -2.23. The predicted octanol–water partition coefficient (Wildman–Crippen LogP) is 2.89. The Balaban J connectivity index is 1.68. The molecule has 2 heterocycles. The lowest BCUT2D eigenvalue weighted by molar-refractivity contribution is 0.0832. The lowest BCUT2D eigenvalue weighted by Crippen LogP contribution is -2.38. The molecule has 148 valence electrons. The van der Waals surface area contributed by atoms with Gasteiger partial charge in [-0.3, -0.25) is 5.10 Å². The van der Waals surface area contributed by atoms with Gasteiger partial charge in [0.15, 0.2) is 5.82 Å². The first-order valence-corrected chi connectivity index (χ1v) is 10.8. The van der Waals surface area contributed by atoms with Crippen molar-refractivity contribution >= 4 is 26.7 Å². The van der Waals surface area contributed by atoms with Crippen molar-refractivity contribution in [3.05, 3.63) is 41.5 Å². The molecule has 8 heteroatoms. The van der Waals surface area contributed by atoms with E-state index in [0.29, 0.717) is 31.9 Å². The molecule has 0 bridgehead atoms. The van der Waals surface area contributed by atoms with E-state index >= 15 is 0 Å². The Morgan fingerprint density at radius 2 is 1.86 bits per heavy atom. The quantitative estimate of drug-likeness (QED) is 0.624. The molecule has 0 spiro atoms. The van der Waals surface area contributed by atoms with Crippen LogP contribution in [0.3, 0.4) is 0 Å². The zero-order valence-electron chi connectivity index (χ0n) is 16.0. The summed E-state index contributed by atoms with van der Waals surface area (Å²) in [5.41, 5.74) is 10.8. The number of anilines is 1. The SMILES string of the molecule is Cc1cc(S(=O)(=O)NC2CCOCC2)ccc1-c1ccc2[nH]nc(N)c2c1C. The molecule has 28 heavy (non-hydrogen) atoms. The number of nitrogens with one attached hydrogen (secondary N) is 2. The summed E-state index contributed by atoms with van der Waals surface area (Å²) in [6.07, 6.45) is 1.39. The molecule has 0 aliphatic carbocycles. The van der Waals surface area contributed by atoms with Gasteiger partial charge < -0.3 is 10.5 Å². The van der Waals surface area contributed by atoms with Crippen molar-refractivity contribution in [3.8, 4) is 11.1 Å². The number of aromatic amines is 1. The van der Waals surface area contributed by atoms with Crippen molar-refractivity contribution in [1.29, 1.82) is 0 Å². The molecule has 1 fully saturated rings. The monoisotopic (exact) mass is 400 g/mol. The van der Waals surface area contributed by atoms with Gasteiger partial charge in [0.25, 0.3) is 0 Å². The summed E-state index contributed by atoms with van der Waals surface area (Å²) in [6.45, 7) is 5.10. The number of nitrogen functional groups attached to an aromatic ring is 1. The Bertz CT molecular complexity index is 1130. The zero-order valence-corrected chi connectivity index (χ0v) is 16.8. The van der Waals surface area contributed by atoms with Crippen molar-refractivity contribution < 1.29 is 13.2 Å². The van der Waals surface area contributed by atoms with E-state index in [4.69, 9.17) is 10.5 Å². The summed E-state index contributed by atoms with van der Waals surface area (Å²) < 4.78 is 33.6. The summed E-state index contributed by atoms with van der Waals surface area (Å²) in [5, 5.41) is 7.89. The summed E-state index contributed by atoms with van der Waals surface area (Å²) >= 11 is 0. The van der Waals surface area contributed by atoms with Crippen LogP contribution in [0.25, 0.3) is 22.0 Å². The third-order valence-corrected chi connectivity index (χ3v) is 6.88. The van der Waals surface area contributed by atoms with Gasteiger partial charge in [0.2, 0.25) is 10.0 Å². The first-order chi connectivity index (χ1) is 13.4. The number of nitrogens with two attached hydrogens (primary N) is 1. The lowest BCUT2D eigenvalue weighted by atomic mass is 9.94. The van der Waals surface area contributed by atoms with E-state index in [1.165, 1.54) is 0 Å². The van der Waals surface area contributed by atoms with Crippen LogP contribution in [0.15, 0.2) is 35.2 Å². The van der Waals surface area contributed by atoms with E-state index in [-0.39, 0.29) is 10.9 Å². The molecular weight excluding hydrogens is 376 g/mol. The first-order valence-electron chi connectivity index (χ1n) is 9.31. The van der Waals surface area contributed by atoms with Gasteiger partial charge in [-0.15, -0.1) is 0 Å². The van der Waals surface area contributed by atoms with Crippen LogP contribution in [0, 0.1) is 13.8 Å². The summed E-state index contributed by atoms with van der Waals surface area (Å²) in [7, 11) is -3.56. The van der Waals surface area contributed by atoms with Crippen LogP contribution < -0.4 is 10.5 Å². The molecule has 0 unspecified atom stereocenters. The van der Waals surface area contributed by atoms with Crippen LogP contribution in [0.5, 0.6) is 0 Å². The standard InChI is InChI=1S/C20H24N4O3S/c1-12-11-15(28(25,26)24-14-7-9-27-10-8-14)3-4-16(12)17-5-6-18-19(13(17)2)20(21)23-22-18/h3-6,11,14,24H,7-10H2,1-2H3,(H3,21,22,23). The number of hydrogen-bond acceptors (Lipinski definition) is 5. The highest BCUT2D eigenvalue weighted by Crippen LogP contribution is 2.34. The van der Waals surface area contributed by atoms with Crippen LogP contribution in [-0.4, -0.2) is 37.9 Å². The number of nitrogens with zero attached hydrogens (tertiary/aromatic N) is 1. The summed E-state index contributed by atoms with van der Waals surface area (Å²) in [6, 6.07) is 9.11. The Morgan fingerprint density at radius 3 is 2.57 bits per heavy atom. The molecule has 1 aromatic heterocycles. The van der Waals surface area contributed by atoms with Gasteiger partial charge in [-0.1, -0.05) is 12.1 Å². The minimum absolute atomic E-state index is 0.0764. The topological polar surface area (TPSA) is 110 Å². The number of sulfonamides is 1. The molecule has 7 nitrogen and oxygen atoms in total. The van der Waals surface area contributed by atoms with E-state index in [2.05, 4.69) is 14.9 Å². The Labute approximate surface area is 164 Å². The number of benzene rings is 2. The maximum absolute atomic E-state index is 12.8. The number of hydrogen-bond donors (Lipinski definition) is 3. The molecule has 1 saturated heterocycles. The average Bonchev–Trinajstić information content (AvgIpc) is 3.05. The van der Waals surface area contributed by atoms with Gasteiger partial charge in [0.1, 0.15) is 0 Å². The molecule has 1 aliphatic rings. The number of ether oxygens (including phenoxy) is 1. The largest absolute Gasteiger partial charge is 0.382 e. The third kappa shape index (κ3) is 3.39. The molecule has 3 aromatic rings. The second kappa shape index (κ2) is 7.20. The molecule has 0 saturated carbocycles. The first kappa shape index (κ1) is 18.9. The second-order valence-electron chi connectivity index (χ2n) is 7.25. The number of H-pyrrole nitrogens is 1. The van der Waals surface area contributed by atoms with Crippen molar-refractivity contribution in [2.75, 3.05) is 18.9 Å². The van der Waals surface area contributed by atoms with Crippen molar-refractivity contribution in [1.82, 2.24) is 14.9 Å². The number of rotatable bonds is 4. The Morgan fingerprint density at radius 1 is 1.14 bits per heavy atom. The minimum atomic E-state index is -3.56. The van der Waals surface area contributed by atoms with Gasteiger partial charge in [-0.25, -0.2) is 13.1 Å². The highest BCUT2D eigenvalue weighted by molar-refractivity contribution is 7.89. The molecular formula is C20H24N4O3S. The predicted molar refractivity (Wildman–Crippen MR) is 110 cm³/mol. The normalized spacial score (nSPS) is 15.9. The van der Waals surface area contributed by atoms with E-state index < -0.39 is 10.0 Å². The number of aryl methyl sites for hydroxylation is 2. The van der Waals surface area contributed by atoms with Crippen LogP contribution >= 0.6 is 0 Å². The van der Waals surface area contributed by atoms with E-state index in [9.17, 15) is 8.42 Å². The van der Waals surface area contributed by atoms with Crippen LogP contribution in [0.4, 0.5) is 5.82 Å². The summed E-state index contributed by atoms with van der Waals surface area (Å²) in [4.78, 5) is 0.279. The van der Waals surface area contributed by atoms with Gasteiger partial charge in [0, 0.05) is 24.6 Å². The van der Waals surface area contributed by atoms with Gasteiger partial charge in [-0.2, -0.15) is 5.10 Å². The van der Waals surface area contributed by atoms with Gasteiger partial charge in [0.05, 0.1) is 10.4 Å². The fourth-order valence-electron chi connectivity index (χ4n) is 3.81. The summed E-state index contributed by atoms with van der Waals surface area (Å²) in [5.74, 6) is 0.465. The fraction of sp³-hybridized carbons (Fsp3) is 0.350. The highest BCUT2D eigenvalue weighted by atomic mass is 32.2. The van der Waals surface area contributed by atoms with Crippen molar-refractivity contribution in [2.45, 2.75) is 37.6 Å². The van der Waals surface area contributed by atoms with Gasteiger partial charge in [-0.05, 0) is 67.1 Å². The van der Waals surface area contributed by atoms with Gasteiger partial charge >= 0.3 is 0 Å². The molecule has 4 rings (SSSR count). The second-order valence-corrected chi connectivity index (χ2v) is 8.97. The van der Waals surface area contributed by atoms with Crippen LogP contribution in [-0.2, 0) is 14.8 Å². The highest BCUT2D eigenvalue weighted by Gasteiger charge is 2.23. The van der Waals surface area contributed by atoms with E-state index in [1.807, 2.05) is 32.0 Å². The third-order valence-electron chi connectivity index (χ3n) is 5.36. The maximum atomic E-state index is 12.8. The average molecular weight is 401 g/mol. The number of aromatic nitrogens is 2. The Kier molecular flexibility index (Phi) is 4.86. The molecule has 0 radical (unpaired) electrons. The molecule has 2 aromatic carbocycles. The van der Waals surface area contributed by atoms with Crippen molar-refractivity contribution in [2.24, 2.45) is 0 Å². The molecule has 0 atom stereocenters. The van der Waals surface area contributed by atoms with Crippen LogP contribution in [0.2, 0.25) is 0 Å². The van der Waals surface area contributed by atoms with Crippen LogP contribution in [0.1, 0.15) is 24.0 Å². The maximum Gasteiger partial charge on any atom is 0.240 e. The molecule has 1 aliphatic heterocycles. The zero-order chi connectivity index (χ0) is 19.9. The fourth-order valence-corrected chi connectivity index (χ4v) is 5.20. The molecule has 0 amide bonds. The van der Waals surface area contributed by atoms with Crippen molar-refractivity contribution in [3.63, 3.8) is 0 Å². The minimum Gasteiger partial charge on any atom is -0.382 e. The van der Waals surface area contributed by atoms with E-state index in [1.54, 1.807) is 12.1 Å². The Hall–Kier alpha value is -2.42. The van der Waals surface area contributed by atoms with E-state index in [0.717, 1.165) is 33.2 Å².